The molecule has 0 radical (unpaired) electrons. The first kappa shape index (κ1) is 24.1. The highest BCUT2D eigenvalue weighted by atomic mass is 16.5. The highest BCUT2D eigenvalue weighted by Crippen LogP contribution is 2.25. The van der Waals surface area contributed by atoms with Crippen molar-refractivity contribution in [1.82, 2.24) is 14.6 Å². The Labute approximate surface area is 202 Å². The SMILES string of the molecule is COCCCOC(=O)Cc1ccccc1NC(=O)c1cc(-c2cccc(CN)c2)cn2ncnc12. The zero-order chi connectivity index (χ0) is 24.6. The summed E-state index contributed by atoms with van der Waals surface area (Å²) in [5.41, 5.74) is 10.5. The molecule has 0 saturated heterocycles. The molecule has 180 valence electrons. The number of carbonyl (C=O) groups excluding carboxylic acids is 2. The van der Waals surface area contributed by atoms with Gasteiger partial charge in [0.15, 0.2) is 5.65 Å². The second-order valence-corrected chi connectivity index (χ2v) is 7.93. The van der Waals surface area contributed by atoms with E-state index in [0.29, 0.717) is 42.0 Å². The van der Waals surface area contributed by atoms with Crippen molar-refractivity contribution < 1.29 is 19.1 Å². The van der Waals surface area contributed by atoms with Crippen molar-refractivity contribution in [2.75, 3.05) is 25.6 Å². The van der Waals surface area contributed by atoms with Crippen LogP contribution >= 0.6 is 0 Å². The number of fused-ring (bicyclic) bond motifs is 1. The van der Waals surface area contributed by atoms with Crippen molar-refractivity contribution in [2.24, 2.45) is 5.73 Å². The number of amides is 1. The van der Waals surface area contributed by atoms with Gasteiger partial charge < -0.3 is 20.5 Å². The van der Waals surface area contributed by atoms with Gasteiger partial charge in [0, 0.05) is 44.1 Å². The molecule has 2 heterocycles. The van der Waals surface area contributed by atoms with Gasteiger partial charge in [-0.3, -0.25) is 9.59 Å². The molecule has 3 N–H and O–H groups in total. The maximum Gasteiger partial charge on any atom is 0.310 e. The van der Waals surface area contributed by atoms with Crippen LogP contribution in [0.3, 0.4) is 0 Å². The molecular formula is C26H27N5O4. The summed E-state index contributed by atoms with van der Waals surface area (Å²) in [6.07, 6.45) is 3.89. The Bertz CT molecular complexity index is 1330. The lowest BCUT2D eigenvalue weighted by Gasteiger charge is -2.13. The van der Waals surface area contributed by atoms with E-state index in [1.54, 1.807) is 35.9 Å². The van der Waals surface area contributed by atoms with Crippen LogP contribution in [0.15, 0.2) is 67.1 Å². The van der Waals surface area contributed by atoms with Crippen molar-refractivity contribution in [1.29, 1.82) is 0 Å². The molecule has 0 bridgehead atoms. The van der Waals surface area contributed by atoms with Gasteiger partial charge in [-0.1, -0.05) is 36.4 Å². The van der Waals surface area contributed by atoms with Crippen molar-refractivity contribution >= 4 is 23.2 Å². The number of rotatable bonds is 10. The molecule has 0 spiro atoms. The molecule has 0 atom stereocenters. The molecule has 0 aliphatic rings. The fraction of sp³-hybridized carbons (Fsp3) is 0.231. The van der Waals surface area contributed by atoms with Crippen LogP contribution < -0.4 is 11.1 Å². The largest absolute Gasteiger partial charge is 0.465 e. The van der Waals surface area contributed by atoms with Crippen LogP contribution in [0.5, 0.6) is 0 Å². The monoisotopic (exact) mass is 473 g/mol. The summed E-state index contributed by atoms with van der Waals surface area (Å²) in [4.78, 5) is 29.9. The Balaban J connectivity index is 1.58. The Morgan fingerprint density at radius 1 is 1.06 bits per heavy atom. The van der Waals surface area contributed by atoms with Crippen LogP contribution in [-0.4, -0.2) is 46.8 Å². The maximum absolute atomic E-state index is 13.4. The number of methoxy groups -OCH3 is 1. The number of hydrogen-bond acceptors (Lipinski definition) is 7. The molecule has 1 amide bonds. The molecule has 4 aromatic rings. The van der Waals surface area contributed by atoms with E-state index in [4.69, 9.17) is 15.2 Å². The second-order valence-electron chi connectivity index (χ2n) is 7.93. The van der Waals surface area contributed by atoms with Gasteiger partial charge in [0.05, 0.1) is 18.6 Å². The first-order valence-corrected chi connectivity index (χ1v) is 11.3. The van der Waals surface area contributed by atoms with Gasteiger partial charge in [-0.2, -0.15) is 5.10 Å². The standard InChI is InChI=1S/C26H27N5O4/c1-34-10-5-11-35-24(32)14-20-7-2-3-9-23(20)30-26(33)22-13-21(16-31-25(22)28-17-29-31)19-8-4-6-18(12-19)15-27/h2-4,6-9,12-13,16-17H,5,10-11,14-15,27H2,1H3,(H,30,33). The highest BCUT2D eigenvalue weighted by molar-refractivity contribution is 6.09. The molecule has 9 heteroatoms. The second kappa shape index (κ2) is 11.4. The van der Waals surface area contributed by atoms with E-state index in [9.17, 15) is 9.59 Å². The zero-order valence-corrected chi connectivity index (χ0v) is 19.4. The Morgan fingerprint density at radius 3 is 2.74 bits per heavy atom. The summed E-state index contributed by atoms with van der Waals surface area (Å²) in [6.45, 7) is 1.22. The van der Waals surface area contributed by atoms with Gasteiger partial charge in [-0.25, -0.2) is 9.50 Å². The van der Waals surface area contributed by atoms with Crippen LogP contribution in [0, 0.1) is 0 Å². The number of pyridine rings is 1. The first-order chi connectivity index (χ1) is 17.1. The normalized spacial score (nSPS) is 10.9. The Hall–Kier alpha value is -4.08. The Morgan fingerprint density at radius 2 is 1.91 bits per heavy atom. The number of nitrogens with two attached hydrogens (primary N) is 1. The van der Waals surface area contributed by atoms with Gasteiger partial charge >= 0.3 is 5.97 Å². The molecular weight excluding hydrogens is 446 g/mol. The van der Waals surface area contributed by atoms with Gasteiger partial charge in [0.25, 0.3) is 5.91 Å². The van der Waals surface area contributed by atoms with Crippen molar-refractivity contribution in [3.05, 3.63) is 83.8 Å². The predicted molar refractivity (Wildman–Crippen MR) is 132 cm³/mol. The van der Waals surface area contributed by atoms with E-state index in [1.807, 2.05) is 36.5 Å². The van der Waals surface area contributed by atoms with E-state index in [2.05, 4.69) is 15.4 Å². The van der Waals surface area contributed by atoms with Crippen LogP contribution in [0.4, 0.5) is 5.69 Å². The minimum atomic E-state index is -0.371. The van der Waals surface area contributed by atoms with Crippen molar-refractivity contribution in [3.63, 3.8) is 0 Å². The number of carbonyl (C=O) groups is 2. The molecule has 0 fully saturated rings. The topological polar surface area (TPSA) is 121 Å². The van der Waals surface area contributed by atoms with Crippen LogP contribution in [0.25, 0.3) is 16.8 Å². The molecule has 4 rings (SSSR count). The summed E-state index contributed by atoms with van der Waals surface area (Å²) in [5, 5.41) is 7.15. The smallest absolute Gasteiger partial charge is 0.310 e. The van der Waals surface area contributed by atoms with Gasteiger partial charge in [-0.05, 0) is 34.9 Å². The number of nitrogens with one attached hydrogen (secondary N) is 1. The summed E-state index contributed by atoms with van der Waals surface area (Å²) < 4.78 is 11.8. The van der Waals surface area contributed by atoms with Crippen molar-refractivity contribution in [2.45, 2.75) is 19.4 Å². The fourth-order valence-corrected chi connectivity index (χ4v) is 3.71. The van der Waals surface area contributed by atoms with Crippen LogP contribution in [0.2, 0.25) is 0 Å². The van der Waals surface area contributed by atoms with E-state index in [1.165, 1.54) is 6.33 Å². The van der Waals surface area contributed by atoms with E-state index in [-0.39, 0.29) is 24.9 Å². The first-order valence-electron chi connectivity index (χ1n) is 11.3. The van der Waals surface area contributed by atoms with Gasteiger partial charge in [-0.15, -0.1) is 0 Å². The number of ether oxygens (including phenoxy) is 2. The number of aromatic nitrogens is 3. The molecule has 0 saturated carbocycles. The lowest BCUT2D eigenvalue weighted by Crippen LogP contribution is -2.17. The molecule has 35 heavy (non-hydrogen) atoms. The fourth-order valence-electron chi connectivity index (χ4n) is 3.71. The van der Waals surface area contributed by atoms with E-state index >= 15 is 0 Å². The maximum atomic E-state index is 13.4. The number of nitrogens with zero attached hydrogens (tertiary/aromatic N) is 3. The molecule has 0 aliphatic carbocycles. The number of para-hydroxylation sites is 1. The average Bonchev–Trinajstić information content (AvgIpc) is 3.36. The number of benzene rings is 2. The van der Waals surface area contributed by atoms with Gasteiger partial charge in [0.2, 0.25) is 0 Å². The zero-order valence-electron chi connectivity index (χ0n) is 19.4. The third-order valence-corrected chi connectivity index (χ3v) is 5.47. The van der Waals surface area contributed by atoms with E-state index < -0.39 is 0 Å². The predicted octanol–water partition coefficient (Wildman–Crippen LogP) is 3.23. The molecule has 9 nitrogen and oxygen atoms in total. The lowest BCUT2D eigenvalue weighted by molar-refractivity contribution is -0.143. The summed E-state index contributed by atoms with van der Waals surface area (Å²) in [7, 11) is 1.60. The van der Waals surface area contributed by atoms with Crippen molar-refractivity contribution in [3.8, 4) is 11.1 Å². The summed E-state index contributed by atoms with van der Waals surface area (Å²) >= 11 is 0. The minimum absolute atomic E-state index is 0.0374. The Kier molecular flexibility index (Phi) is 7.81. The van der Waals surface area contributed by atoms with E-state index in [0.717, 1.165) is 16.7 Å². The van der Waals surface area contributed by atoms with Gasteiger partial charge in [0.1, 0.15) is 6.33 Å². The lowest BCUT2D eigenvalue weighted by atomic mass is 10.0. The number of esters is 1. The minimum Gasteiger partial charge on any atom is -0.465 e. The van der Waals surface area contributed by atoms with Crippen LogP contribution in [-0.2, 0) is 27.2 Å². The molecule has 2 aromatic heterocycles. The molecule has 2 aromatic carbocycles. The average molecular weight is 474 g/mol. The summed E-state index contributed by atoms with van der Waals surface area (Å²) in [6, 6.07) is 16.7. The summed E-state index contributed by atoms with van der Waals surface area (Å²) in [5.74, 6) is -0.731. The van der Waals surface area contributed by atoms with Crippen LogP contribution in [0.1, 0.15) is 27.9 Å². The third kappa shape index (κ3) is 5.89. The molecule has 0 aliphatic heterocycles. The highest BCUT2D eigenvalue weighted by Gasteiger charge is 2.17. The third-order valence-electron chi connectivity index (χ3n) is 5.47. The number of anilines is 1. The number of hydrogen-bond donors (Lipinski definition) is 2. The quantitative estimate of drug-likeness (QED) is 0.268. The molecule has 0 unspecified atom stereocenters.